The van der Waals surface area contributed by atoms with Crippen LogP contribution in [0.2, 0.25) is 0 Å². The molecule has 1 atom stereocenters. The van der Waals surface area contributed by atoms with Crippen LogP contribution in [0.3, 0.4) is 0 Å². The van der Waals surface area contributed by atoms with Gasteiger partial charge in [0.15, 0.2) is 0 Å². The zero-order valence-electron chi connectivity index (χ0n) is 18.5. The summed E-state index contributed by atoms with van der Waals surface area (Å²) in [7, 11) is 0. The average Bonchev–Trinajstić information content (AvgIpc) is 2.76. The minimum absolute atomic E-state index is 0.102. The maximum atomic E-state index is 12.9. The monoisotopic (exact) mass is 461 g/mol. The van der Waals surface area contributed by atoms with E-state index in [1.807, 2.05) is 0 Å². The molecule has 10 heteroatoms. The molecule has 1 fully saturated rings. The first kappa shape index (κ1) is 25.9. The molecular formula is C23H31N3O7. The summed E-state index contributed by atoms with van der Waals surface area (Å²) in [5, 5.41) is 26.6. The first-order valence-electron chi connectivity index (χ1n) is 10.9. The Labute approximate surface area is 192 Å². The van der Waals surface area contributed by atoms with Crippen LogP contribution in [0.15, 0.2) is 36.9 Å². The molecule has 1 aromatic carbocycles. The van der Waals surface area contributed by atoms with Crippen molar-refractivity contribution in [3.05, 3.63) is 42.5 Å². The smallest absolute Gasteiger partial charge is 0.407 e. The van der Waals surface area contributed by atoms with Crippen molar-refractivity contribution in [3.63, 3.8) is 0 Å². The summed E-state index contributed by atoms with van der Waals surface area (Å²) >= 11 is 0. The lowest BCUT2D eigenvalue weighted by Crippen LogP contribution is -2.55. The number of nitrogens with one attached hydrogen (secondary N) is 3. The molecule has 10 nitrogen and oxygen atoms in total. The second-order valence-electron chi connectivity index (χ2n) is 7.92. The molecular weight excluding hydrogens is 430 g/mol. The van der Waals surface area contributed by atoms with Crippen LogP contribution in [0.25, 0.3) is 0 Å². The van der Waals surface area contributed by atoms with E-state index >= 15 is 0 Å². The number of unbranched alkanes of at least 4 members (excludes halogenated alkanes) is 1. The Balaban J connectivity index is 1.96. The van der Waals surface area contributed by atoms with Crippen LogP contribution < -0.4 is 16.0 Å². The van der Waals surface area contributed by atoms with Crippen LogP contribution in [-0.4, -0.2) is 53.3 Å². The van der Waals surface area contributed by atoms with E-state index < -0.39 is 35.3 Å². The molecule has 33 heavy (non-hydrogen) atoms. The summed E-state index contributed by atoms with van der Waals surface area (Å²) in [5.41, 5.74) is -0.317. The van der Waals surface area contributed by atoms with E-state index in [0.717, 1.165) is 0 Å². The van der Waals surface area contributed by atoms with Crippen LogP contribution in [-0.2, 0) is 25.7 Å². The third-order valence-electron chi connectivity index (χ3n) is 5.60. The molecule has 1 aromatic rings. The number of hydrogen-bond acceptors (Lipinski definition) is 6. The molecule has 0 aliphatic heterocycles. The van der Waals surface area contributed by atoms with Crippen LogP contribution >= 0.6 is 0 Å². The van der Waals surface area contributed by atoms with Gasteiger partial charge in [-0.3, -0.25) is 14.4 Å². The zero-order valence-corrected chi connectivity index (χ0v) is 18.5. The molecule has 0 heterocycles. The number of hydrogen-bond donors (Lipinski definition) is 5. The highest BCUT2D eigenvalue weighted by molar-refractivity contribution is 6.05. The third-order valence-corrected chi connectivity index (χ3v) is 5.60. The van der Waals surface area contributed by atoms with E-state index in [9.17, 15) is 24.3 Å². The Hall–Kier alpha value is -3.40. The number of ether oxygens (including phenoxy) is 1. The number of carbonyl (C=O) groups excluding carboxylic acids is 3. The topological polar surface area (TPSA) is 154 Å². The fourth-order valence-corrected chi connectivity index (χ4v) is 3.41. The van der Waals surface area contributed by atoms with Crippen molar-refractivity contribution in [2.24, 2.45) is 5.41 Å². The normalized spacial score (nSPS) is 14.8. The Kier molecular flexibility index (Phi) is 9.86. The number of aliphatic hydroxyl groups is 1. The zero-order chi connectivity index (χ0) is 24.3. The van der Waals surface area contributed by atoms with E-state index in [1.54, 1.807) is 24.3 Å². The molecule has 5 N–H and O–H groups in total. The number of amides is 3. The number of rotatable bonds is 13. The molecule has 0 aromatic heterocycles. The van der Waals surface area contributed by atoms with Crippen LogP contribution in [0.5, 0.6) is 0 Å². The number of benzene rings is 1. The van der Waals surface area contributed by atoms with Crippen molar-refractivity contribution in [2.45, 2.75) is 51.2 Å². The lowest BCUT2D eigenvalue weighted by molar-refractivity contribution is -0.162. The lowest BCUT2D eigenvalue weighted by atomic mass is 9.68. The van der Waals surface area contributed by atoms with Gasteiger partial charge in [0.25, 0.3) is 0 Å². The first-order valence-corrected chi connectivity index (χ1v) is 10.9. The number of carbonyl (C=O) groups is 4. The maximum Gasteiger partial charge on any atom is 0.407 e. The van der Waals surface area contributed by atoms with Gasteiger partial charge in [0.1, 0.15) is 18.1 Å². The minimum Gasteiger partial charge on any atom is -0.480 e. The predicted molar refractivity (Wildman–Crippen MR) is 120 cm³/mol. The van der Waals surface area contributed by atoms with Gasteiger partial charge >= 0.3 is 12.1 Å². The molecule has 2 rings (SSSR count). The summed E-state index contributed by atoms with van der Waals surface area (Å²) in [4.78, 5) is 48.7. The summed E-state index contributed by atoms with van der Waals surface area (Å²) in [5.74, 6) is -2.33. The summed E-state index contributed by atoms with van der Waals surface area (Å²) in [6.07, 6.45) is 3.27. The number of aliphatic hydroxyl groups excluding tert-OH is 1. The van der Waals surface area contributed by atoms with Gasteiger partial charge in [0.05, 0.1) is 6.61 Å². The van der Waals surface area contributed by atoms with Crippen molar-refractivity contribution < 1.29 is 34.1 Å². The van der Waals surface area contributed by atoms with Crippen LogP contribution in [0, 0.1) is 5.41 Å². The number of anilines is 1. The highest BCUT2D eigenvalue weighted by Gasteiger charge is 2.51. The number of carboxylic acid groups (broad SMARTS) is 1. The standard InChI is InChI=1S/C23H31N3O7/c1-2-14-33-22(32)24-13-4-3-6-18(26-20(29)23(21(30)31)11-5-12-23)19(28)25-17-9-7-16(15-27)8-10-17/h2,7-10,18,27H,1,3-6,11-15H2,(H,24,32)(H,25,28)(H,26,29)(H,30,31)/t18-/m0/s1. The summed E-state index contributed by atoms with van der Waals surface area (Å²) in [6.45, 7) is 3.75. The van der Waals surface area contributed by atoms with Gasteiger partial charge < -0.3 is 30.9 Å². The predicted octanol–water partition coefficient (Wildman–Crippen LogP) is 1.94. The first-order chi connectivity index (χ1) is 15.8. The Morgan fingerprint density at radius 2 is 1.85 bits per heavy atom. The van der Waals surface area contributed by atoms with Gasteiger partial charge in [-0.15, -0.1) is 0 Å². The highest BCUT2D eigenvalue weighted by Crippen LogP contribution is 2.41. The Bertz CT molecular complexity index is 850. The minimum atomic E-state index is -1.49. The van der Waals surface area contributed by atoms with Crippen molar-refractivity contribution in [1.29, 1.82) is 0 Å². The summed E-state index contributed by atoms with van der Waals surface area (Å²) in [6, 6.07) is 5.64. The van der Waals surface area contributed by atoms with Crippen molar-refractivity contribution in [2.75, 3.05) is 18.5 Å². The number of carboxylic acids is 1. The van der Waals surface area contributed by atoms with Crippen molar-refractivity contribution in [3.8, 4) is 0 Å². The molecule has 1 saturated carbocycles. The molecule has 0 saturated heterocycles. The van der Waals surface area contributed by atoms with Crippen molar-refractivity contribution >= 4 is 29.6 Å². The highest BCUT2D eigenvalue weighted by atomic mass is 16.5. The largest absolute Gasteiger partial charge is 0.480 e. The molecule has 0 bridgehead atoms. The second-order valence-corrected chi connectivity index (χ2v) is 7.92. The van der Waals surface area contributed by atoms with Gasteiger partial charge in [-0.2, -0.15) is 0 Å². The maximum absolute atomic E-state index is 12.9. The van der Waals surface area contributed by atoms with E-state index in [1.165, 1.54) is 6.08 Å². The van der Waals surface area contributed by atoms with Crippen LogP contribution in [0.1, 0.15) is 44.1 Å². The molecule has 0 unspecified atom stereocenters. The van der Waals surface area contributed by atoms with E-state index in [0.29, 0.717) is 37.1 Å². The summed E-state index contributed by atoms with van der Waals surface area (Å²) < 4.78 is 4.81. The molecule has 1 aliphatic carbocycles. The molecule has 0 radical (unpaired) electrons. The fourth-order valence-electron chi connectivity index (χ4n) is 3.41. The lowest BCUT2D eigenvalue weighted by Gasteiger charge is -2.37. The van der Waals surface area contributed by atoms with Gasteiger partial charge in [0, 0.05) is 12.2 Å². The molecule has 180 valence electrons. The molecule has 0 spiro atoms. The van der Waals surface area contributed by atoms with Crippen molar-refractivity contribution in [1.82, 2.24) is 10.6 Å². The van der Waals surface area contributed by atoms with Gasteiger partial charge in [-0.05, 0) is 49.8 Å². The quantitative estimate of drug-likeness (QED) is 0.171. The van der Waals surface area contributed by atoms with Gasteiger partial charge in [0.2, 0.25) is 11.8 Å². The SMILES string of the molecule is C=CCOC(=O)NCCCC[C@H](NC(=O)C1(C(=O)O)CCC1)C(=O)Nc1ccc(CO)cc1. The van der Waals surface area contributed by atoms with Gasteiger partial charge in [-0.1, -0.05) is 31.2 Å². The number of aliphatic carboxylic acids is 1. The Morgan fingerprint density at radius 3 is 2.39 bits per heavy atom. The third kappa shape index (κ3) is 7.31. The fraction of sp³-hybridized carbons (Fsp3) is 0.478. The van der Waals surface area contributed by atoms with E-state index in [4.69, 9.17) is 9.84 Å². The Morgan fingerprint density at radius 1 is 1.15 bits per heavy atom. The second kappa shape index (κ2) is 12.6. The van der Waals surface area contributed by atoms with E-state index in [-0.39, 0.29) is 32.5 Å². The van der Waals surface area contributed by atoms with E-state index in [2.05, 4.69) is 22.5 Å². The number of alkyl carbamates (subject to hydrolysis) is 1. The van der Waals surface area contributed by atoms with Crippen LogP contribution in [0.4, 0.5) is 10.5 Å². The molecule has 3 amide bonds. The molecule has 1 aliphatic rings. The van der Waals surface area contributed by atoms with Gasteiger partial charge in [-0.25, -0.2) is 4.79 Å². The average molecular weight is 462 g/mol.